The molecule has 0 spiro atoms. The fourth-order valence-electron chi connectivity index (χ4n) is 9.04. The lowest BCUT2D eigenvalue weighted by Crippen LogP contribution is -2.51. The molecule has 2 N–H and O–H groups in total. The molecule has 0 aromatic carbocycles. The SMILES string of the molecule is C=CNNC(=O)O[C@H]1CC[C@@]2(C)C(=CC[C@H]3[C@@H]4CC[C@H]([C@H](C)CCCC(C)C)[C@@]4(C)CC[C@@H]32)C1. The highest BCUT2D eigenvalue weighted by atomic mass is 16.6. The van der Waals surface area contributed by atoms with E-state index in [4.69, 9.17) is 4.74 Å². The third-order valence-electron chi connectivity index (χ3n) is 10.8. The van der Waals surface area contributed by atoms with Crippen LogP contribution in [0.2, 0.25) is 0 Å². The zero-order valence-electron chi connectivity index (χ0n) is 22.5. The maximum absolute atomic E-state index is 12.0. The van der Waals surface area contributed by atoms with Gasteiger partial charge in [-0.15, -0.1) is 0 Å². The summed E-state index contributed by atoms with van der Waals surface area (Å²) < 4.78 is 5.69. The number of hydrogen-bond donors (Lipinski definition) is 2. The zero-order valence-corrected chi connectivity index (χ0v) is 22.5. The Bertz CT molecular complexity index is 776. The van der Waals surface area contributed by atoms with Crippen LogP contribution in [0, 0.1) is 46.3 Å². The van der Waals surface area contributed by atoms with Crippen LogP contribution in [0.4, 0.5) is 4.79 Å². The van der Waals surface area contributed by atoms with Gasteiger partial charge in [0.2, 0.25) is 0 Å². The van der Waals surface area contributed by atoms with Crippen molar-refractivity contribution in [2.75, 3.05) is 0 Å². The topological polar surface area (TPSA) is 50.4 Å². The Labute approximate surface area is 208 Å². The summed E-state index contributed by atoms with van der Waals surface area (Å²) in [5.74, 6) is 5.15. The highest BCUT2D eigenvalue weighted by molar-refractivity contribution is 5.66. The molecule has 8 atom stereocenters. The van der Waals surface area contributed by atoms with Crippen LogP contribution in [-0.2, 0) is 4.74 Å². The lowest BCUT2D eigenvalue weighted by atomic mass is 9.47. The van der Waals surface area contributed by atoms with Crippen LogP contribution in [0.1, 0.15) is 105 Å². The van der Waals surface area contributed by atoms with Crippen molar-refractivity contribution in [3.8, 4) is 0 Å². The van der Waals surface area contributed by atoms with E-state index in [1.54, 1.807) is 5.57 Å². The number of ether oxygens (including phenoxy) is 1. The predicted octanol–water partition coefficient (Wildman–Crippen LogP) is 7.77. The maximum atomic E-state index is 12.0. The third-order valence-corrected chi connectivity index (χ3v) is 10.8. The number of amides is 1. The molecule has 0 aromatic heterocycles. The van der Waals surface area contributed by atoms with Crippen molar-refractivity contribution in [2.24, 2.45) is 46.3 Å². The second-order valence-corrected chi connectivity index (χ2v) is 13.0. The van der Waals surface area contributed by atoms with Crippen LogP contribution in [0.15, 0.2) is 24.4 Å². The van der Waals surface area contributed by atoms with E-state index in [1.807, 2.05) is 0 Å². The average molecular weight is 471 g/mol. The van der Waals surface area contributed by atoms with Crippen molar-refractivity contribution in [2.45, 2.75) is 111 Å². The summed E-state index contributed by atoms with van der Waals surface area (Å²) in [6.07, 6.45) is 17.7. The maximum Gasteiger partial charge on any atom is 0.426 e. The summed E-state index contributed by atoms with van der Waals surface area (Å²) in [6, 6.07) is 0. The molecule has 0 aliphatic heterocycles. The molecule has 1 amide bonds. The van der Waals surface area contributed by atoms with Gasteiger partial charge in [-0.3, -0.25) is 0 Å². The van der Waals surface area contributed by atoms with Crippen molar-refractivity contribution in [3.05, 3.63) is 24.4 Å². The molecule has 4 rings (SSSR count). The van der Waals surface area contributed by atoms with Gasteiger partial charge in [0.25, 0.3) is 0 Å². The van der Waals surface area contributed by atoms with Gasteiger partial charge in [0.1, 0.15) is 6.10 Å². The van der Waals surface area contributed by atoms with Crippen molar-refractivity contribution >= 4 is 6.09 Å². The highest BCUT2D eigenvalue weighted by Crippen LogP contribution is 2.67. The first-order chi connectivity index (χ1) is 16.2. The number of carbonyl (C=O) groups is 1. The molecule has 4 aliphatic carbocycles. The molecule has 34 heavy (non-hydrogen) atoms. The van der Waals surface area contributed by atoms with Crippen LogP contribution in [0.3, 0.4) is 0 Å². The molecule has 0 bridgehead atoms. The first-order valence-electron chi connectivity index (χ1n) is 14.2. The summed E-state index contributed by atoms with van der Waals surface area (Å²) in [5, 5.41) is 0. The molecule has 4 nitrogen and oxygen atoms in total. The second-order valence-electron chi connectivity index (χ2n) is 13.0. The van der Waals surface area contributed by atoms with Gasteiger partial charge >= 0.3 is 6.09 Å². The van der Waals surface area contributed by atoms with Gasteiger partial charge in [-0.25, -0.2) is 10.2 Å². The number of allylic oxidation sites excluding steroid dienone is 1. The van der Waals surface area contributed by atoms with E-state index < -0.39 is 6.09 Å². The molecular weight excluding hydrogens is 420 g/mol. The monoisotopic (exact) mass is 470 g/mol. The molecule has 4 aliphatic rings. The lowest BCUT2D eigenvalue weighted by Gasteiger charge is -2.58. The van der Waals surface area contributed by atoms with Crippen LogP contribution in [-0.4, -0.2) is 12.2 Å². The second kappa shape index (κ2) is 10.3. The zero-order chi connectivity index (χ0) is 24.5. The quantitative estimate of drug-likeness (QED) is 0.281. The Morgan fingerprint density at radius 2 is 1.94 bits per heavy atom. The van der Waals surface area contributed by atoms with E-state index in [2.05, 4.69) is 58.1 Å². The van der Waals surface area contributed by atoms with E-state index >= 15 is 0 Å². The number of fused-ring (bicyclic) bond motifs is 5. The van der Waals surface area contributed by atoms with Gasteiger partial charge < -0.3 is 10.2 Å². The number of rotatable bonds is 8. The molecule has 3 saturated carbocycles. The van der Waals surface area contributed by atoms with E-state index in [9.17, 15) is 4.79 Å². The minimum atomic E-state index is -0.407. The van der Waals surface area contributed by atoms with Crippen LogP contribution >= 0.6 is 0 Å². The summed E-state index contributed by atoms with van der Waals surface area (Å²) >= 11 is 0. The highest BCUT2D eigenvalue weighted by Gasteiger charge is 2.59. The number of hydrogen-bond acceptors (Lipinski definition) is 3. The molecule has 3 fully saturated rings. The van der Waals surface area contributed by atoms with Gasteiger partial charge in [-0.1, -0.05) is 72.1 Å². The first kappa shape index (κ1) is 25.6. The molecule has 0 unspecified atom stereocenters. The molecular formula is C30H50N2O2. The molecule has 0 radical (unpaired) electrons. The molecule has 0 aromatic rings. The van der Waals surface area contributed by atoms with E-state index in [-0.39, 0.29) is 6.10 Å². The van der Waals surface area contributed by atoms with Crippen molar-refractivity contribution in [1.29, 1.82) is 0 Å². The summed E-state index contributed by atoms with van der Waals surface area (Å²) in [7, 11) is 0. The van der Waals surface area contributed by atoms with E-state index in [1.165, 1.54) is 57.6 Å². The van der Waals surface area contributed by atoms with Crippen LogP contribution in [0.5, 0.6) is 0 Å². The number of hydrazine groups is 1. The molecule has 4 heteroatoms. The Morgan fingerprint density at radius 1 is 1.15 bits per heavy atom. The molecule has 192 valence electrons. The Kier molecular flexibility index (Phi) is 7.74. The van der Waals surface area contributed by atoms with E-state index in [0.717, 1.165) is 54.8 Å². The van der Waals surface area contributed by atoms with Gasteiger partial charge in [-0.2, -0.15) is 0 Å². The fraction of sp³-hybridized carbons (Fsp3) is 0.833. The van der Waals surface area contributed by atoms with Crippen LogP contribution < -0.4 is 10.9 Å². The van der Waals surface area contributed by atoms with Crippen molar-refractivity contribution in [3.63, 3.8) is 0 Å². The fourth-order valence-corrected chi connectivity index (χ4v) is 9.04. The van der Waals surface area contributed by atoms with Gasteiger partial charge in [0, 0.05) is 12.6 Å². The first-order valence-corrected chi connectivity index (χ1v) is 14.2. The summed E-state index contributed by atoms with van der Waals surface area (Å²) in [5.41, 5.74) is 7.53. The smallest absolute Gasteiger partial charge is 0.426 e. The van der Waals surface area contributed by atoms with E-state index in [0.29, 0.717) is 10.8 Å². The standard InChI is InChI=1S/C30H50N2O2/c1-7-31-32-28(33)34-23-15-17-29(5)22(19-23)11-12-24-26-14-13-25(21(4)10-8-9-20(2)3)30(26,6)18-16-27(24)29/h7,11,20-21,23-27,31H,1,8-10,12-19H2,2-6H3,(H,32,33)/t21-,23+,24+,25-,26+,27+,29+,30-/m1/s1. The number of carbonyl (C=O) groups excluding carboxylic acids is 1. The Balaban J connectivity index is 1.42. The third kappa shape index (κ3) is 4.80. The predicted molar refractivity (Wildman–Crippen MR) is 140 cm³/mol. The van der Waals surface area contributed by atoms with Crippen molar-refractivity contribution < 1.29 is 9.53 Å². The minimum Gasteiger partial charge on any atom is -0.445 e. The Morgan fingerprint density at radius 3 is 2.68 bits per heavy atom. The molecule has 0 heterocycles. The summed E-state index contributed by atoms with van der Waals surface area (Å²) in [4.78, 5) is 12.0. The Hall–Kier alpha value is -1.45. The average Bonchev–Trinajstić information content (AvgIpc) is 3.15. The minimum absolute atomic E-state index is 0.0149. The largest absolute Gasteiger partial charge is 0.445 e. The molecule has 0 saturated heterocycles. The van der Waals surface area contributed by atoms with Crippen LogP contribution in [0.25, 0.3) is 0 Å². The summed E-state index contributed by atoms with van der Waals surface area (Å²) in [6.45, 7) is 16.0. The van der Waals surface area contributed by atoms with Gasteiger partial charge in [-0.05, 0) is 91.3 Å². The van der Waals surface area contributed by atoms with Gasteiger partial charge in [0.05, 0.1) is 0 Å². The van der Waals surface area contributed by atoms with Gasteiger partial charge in [0.15, 0.2) is 0 Å². The normalized spacial score (nSPS) is 39.8. The number of nitrogens with one attached hydrogen (secondary N) is 2. The van der Waals surface area contributed by atoms with Crippen molar-refractivity contribution in [1.82, 2.24) is 10.9 Å². The lowest BCUT2D eigenvalue weighted by molar-refractivity contribution is -0.0582.